The average molecular weight is 341 g/mol. The van der Waals surface area contributed by atoms with E-state index in [2.05, 4.69) is 10.4 Å². The fourth-order valence-electron chi connectivity index (χ4n) is 2.30. The van der Waals surface area contributed by atoms with Crippen molar-refractivity contribution in [2.45, 2.75) is 32.9 Å². The Kier molecular flexibility index (Phi) is 4.56. The van der Waals surface area contributed by atoms with Gasteiger partial charge in [0.1, 0.15) is 11.3 Å². The summed E-state index contributed by atoms with van der Waals surface area (Å²) in [5.41, 5.74) is 0.590. The van der Waals surface area contributed by atoms with Crippen LogP contribution in [0.25, 0.3) is 11.0 Å². The molecule has 2 aromatic heterocycles. The van der Waals surface area contributed by atoms with Crippen LogP contribution >= 0.6 is 0 Å². The SMILES string of the molecule is CC(Oc1ccc2ccc(=O)oc2c1)C(=O)Nc1cnn(C(C)C)c1. The molecule has 3 aromatic rings. The second-order valence-corrected chi connectivity index (χ2v) is 6.01. The molecule has 7 heteroatoms. The molecule has 3 rings (SSSR count). The van der Waals surface area contributed by atoms with Crippen molar-refractivity contribution >= 4 is 22.6 Å². The highest BCUT2D eigenvalue weighted by molar-refractivity contribution is 5.94. The Bertz CT molecular complexity index is 958. The molecule has 25 heavy (non-hydrogen) atoms. The molecule has 0 saturated carbocycles. The molecule has 1 aromatic carbocycles. The molecule has 0 saturated heterocycles. The second-order valence-electron chi connectivity index (χ2n) is 6.01. The third kappa shape index (κ3) is 3.88. The van der Waals surface area contributed by atoms with Crippen molar-refractivity contribution in [2.75, 3.05) is 5.32 Å². The first-order valence-electron chi connectivity index (χ1n) is 7.98. The topological polar surface area (TPSA) is 86.4 Å². The summed E-state index contributed by atoms with van der Waals surface area (Å²) in [4.78, 5) is 23.6. The second kappa shape index (κ2) is 6.80. The first-order chi connectivity index (χ1) is 11.9. The van der Waals surface area contributed by atoms with Gasteiger partial charge in [-0.05, 0) is 39.0 Å². The molecule has 0 aliphatic heterocycles. The van der Waals surface area contributed by atoms with Crippen LogP contribution in [0.15, 0.2) is 51.9 Å². The van der Waals surface area contributed by atoms with E-state index in [4.69, 9.17) is 9.15 Å². The van der Waals surface area contributed by atoms with E-state index in [9.17, 15) is 9.59 Å². The molecule has 2 heterocycles. The summed E-state index contributed by atoms with van der Waals surface area (Å²) in [5, 5.41) is 7.72. The molecule has 0 aliphatic carbocycles. The van der Waals surface area contributed by atoms with Crippen LogP contribution in [0.2, 0.25) is 0 Å². The van der Waals surface area contributed by atoms with Crippen molar-refractivity contribution in [3.05, 3.63) is 53.1 Å². The number of rotatable bonds is 5. The van der Waals surface area contributed by atoms with Crippen LogP contribution in [-0.2, 0) is 4.79 Å². The highest BCUT2D eigenvalue weighted by Crippen LogP contribution is 2.21. The number of hydrogen-bond donors (Lipinski definition) is 1. The summed E-state index contributed by atoms with van der Waals surface area (Å²) in [5.74, 6) is 0.153. The van der Waals surface area contributed by atoms with Crippen molar-refractivity contribution < 1.29 is 13.9 Å². The third-order valence-electron chi connectivity index (χ3n) is 3.67. The number of ether oxygens (including phenoxy) is 1. The lowest BCUT2D eigenvalue weighted by Gasteiger charge is -2.14. The molecular formula is C18H19N3O4. The Morgan fingerprint density at radius 1 is 1.24 bits per heavy atom. The maximum atomic E-state index is 12.3. The van der Waals surface area contributed by atoms with Gasteiger partial charge in [0.05, 0.1) is 11.9 Å². The molecule has 0 radical (unpaired) electrons. The molecule has 0 bridgehead atoms. The van der Waals surface area contributed by atoms with E-state index < -0.39 is 11.7 Å². The minimum Gasteiger partial charge on any atom is -0.481 e. The van der Waals surface area contributed by atoms with E-state index in [1.807, 2.05) is 13.8 Å². The molecule has 1 amide bonds. The number of fused-ring (bicyclic) bond motifs is 1. The quantitative estimate of drug-likeness (QED) is 0.721. The van der Waals surface area contributed by atoms with Gasteiger partial charge in [-0.1, -0.05) is 0 Å². The molecule has 7 nitrogen and oxygen atoms in total. The summed E-state index contributed by atoms with van der Waals surface area (Å²) in [6.45, 7) is 5.65. The number of carbonyl (C=O) groups is 1. The predicted molar refractivity (Wildman–Crippen MR) is 93.8 cm³/mol. The van der Waals surface area contributed by atoms with Gasteiger partial charge in [-0.3, -0.25) is 9.48 Å². The number of hydrogen-bond acceptors (Lipinski definition) is 5. The summed E-state index contributed by atoms with van der Waals surface area (Å²) < 4.78 is 12.5. The average Bonchev–Trinajstić information content (AvgIpc) is 3.03. The van der Waals surface area contributed by atoms with E-state index in [1.54, 1.807) is 48.3 Å². The van der Waals surface area contributed by atoms with Crippen LogP contribution < -0.4 is 15.7 Å². The van der Waals surface area contributed by atoms with Gasteiger partial charge in [0.25, 0.3) is 5.91 Å². The highest BCUT2D eigenvalue weighted by atomic mass is 16.5. The monoisotopic (exact) mass is 341 g/mol. The van der Waals surface area contributed by atoms with E-state index in [-0.39, 0.29) is 11.9 Å². The number of nitrogens with one attached hydrogen (secondary N) is 1. The van der Waals surface area contributed by atoms with Gasteiger partial charge in [0.15, 0.2) is 6.10 Å². The van der Waals surface area contributed by atoms with E-state index in [0.717, 1.165) is 5.39 Å². The molecule has 0 fully saturated rings. The summed E-state index contributed by atoms with van der Waals surface area (Å²) >= 11 is 0. The van der Waals surface area contributed by atoms with Crippen LogP contribution in [0.5, 0.6) is 5.75 Å². The third-order valence-corrected chi connectivity index (χ3v) is 3.67. The van der Waals surface area contributed by atoms with Crippen LogP contribution in [0.3, 0.4) is 0 Å². The lowest BCUT2D eigenvalue weighted by molar-refractivity contribution is -0.122. The Labute approximate surface area is 144 Å². The first-order valence-corrected chi connectivity index (χ1v) is 7.98. The predicted octanol–water partition coefficient (Wildman–Crippen LogP) is 2.98. The van der Waals surface area contributed by atoms with Crippen LogP contribution in [0, 0.1) is 0 Å². The van der Waals surface area contributed by atoms with Crippen LogP contribution in [0.1, 0.15) is 26.8 Å². The summed E-state index contributed by atoms with van der Waals surface area (Å²) in [7, 11) is 0. The molecule has 1 N–H and O–H groups in total. The van der Waals surface area contributed by atoms with Crippen molar-refractivity contribution in [1.29, 1.82) is 0 Å². The van der Waals surface area contributed by atoms with Gasteiger partial charge in [-0.2, -0.15) is 5.10 Å². The van der Waals surface area contributed by atoms with Crippen molar-refractivity contribution in [3.63, 3.8) is 0 Å². The van der Waals surface area contributed by atoms with E-state index >= 15 is 0 Å². The smallest absolute Gasteiger partial charge is 0.336 e. The minimum absolute atomic E-state index is 0.214. The van der Waals surface area contributed by atoms with Crippen molar-refractivity contribution in [2.24, 2.45) is 0 Å². The Morgan fingerprint density at radius 3 is 2.72 bits per heavy atom. The number of anilines is 1. The van der Waals surface area contributed by atoms with Crippen LogP contribution in [0.4, 0.5) is 5.69 Å². The van der Waals surface area contributed by atoms with E-state index in [0.29, 0.717) is 17.0 Å². The molecule has 0 spiro atoms. The number of benzene rings is 1. The Balaban J connectivity index is 1.69. The number of carbonyl (C=O) groups excluding carboxylic acids is 1. The zero-order valence-corrected chi connectivity index (χ0v) is 14.2. The first kappa shape index (κ1) is 16.8. The Hall–Kier alpha value is -3.09. The van der Waals surface area contributed by atoms with Crippen molar-refractivity contribution in [1.82, 2.24) is 9.78 Å². The van der Waals surface area contributed by atoms with Gasteiger partial charge in [-0.25, -0.2) is 4.79 Å². The summed E-state index contributed by atoms with van der Waals surface area (Å²) in [6, 6.07) is 8.33. The molecule has 0 aliphatic rings. The van der Waals surface area contributed by atoms with E-state index in [1.165, 1.54) is 6.07 Å². The zero-order chi connectivity index (χ0) is 18.0. The zero-order valence-electron chi connectivity index (χ0n) is 14.2. The lowest BCUT2D eigenvalue weighted by Crippen LogP contribution is -2.30. The molecule has 1 unspecified atom stereocenters. The van der Waals surface area contributed by atoms with Gasteiger partial charge in [-0.15, -0.1) is 0 Å². The molecular weight excluding hydrogens is 322 g/mol. The Morgan fingerprint density at radius 2 is 2.00 bits per heavy atom. The van der Waals surface area contributed by atoms with Gasteiger partial charge < -0.3 is 14.5 Å². The maximum Gasteiger partial charge on any atom is 0.336 e. The number of nitrogens with zero attached hydrogens (tertiary/aromatic N) is 2. The van der Waals surface area contributed by atoms with Gasteiger partial charge in [0, 0.05) is 29.8 Å². The largest absolute Gasteiger partial charge is 0.481 e. The molecule has 1 atom stereocenters. The maximum absolute atomic E-state index is 12.3. The van der Waals surface area contributed by atoms with Gasteiger partial charge >= 0.3 is 5.63 Å². The van der Waals surface area contributed by atoms with Gasteiger partial charge in [0.2, 0.25) is 0 Å². The normalized spacial score (nSPS) is 12.3. The fraction of sp³-hybridized carbons (Fsp3) is 0.278. The minimum atomic E-state index is -0.727. The fourth-order valence-corrected chi connectivity index (χ4v) is 2.30. The van der Waals surface area contributed by atoms with Crippen LogP contribution in [-0.4, -0.2) is 21.8 Å². The molecule has 130 valence electrons. The van der Waals surface area contributed by atoms with Crippen molar-refractivity contribution in [3.8, 4) is 5.75 Å². The number of aromatic nitrogens is 2. The standard InChI is InChI=1S/C18H19N3O4/c1-11(2)21-10-14(9-19-21)20-18(23)12(3)24-15-6-4-13-5-7-17(22)25-16(13)8-15/h4-12H,1-3H3,(H,20,23). The number of amides is 1. The summed E-state index contributed by atoms with van der Waals surface area (Å²) in [6.07, 6.45) is 2.63. The lowest BCUT2D eigenvalue weighted by atomic mass is 10.2. The highest BCUT2D eigenvalue weighted by Gasteiger charge is 2.16.